The molecule has 0 fully saturated rings. The van der Waals surface area contributed by atoms with Crippen LogP contribution in [0.4, 0.5) is 5.69 Å². The van der Waals surface area contributed by atoms with Crippen molar-refractivity contribution in [3.05, 3.63) is 59.0 Å². The monoisotopic (exact) mass is 364 g/mol. The number of imidazole rings is 1. The summed E-state index contributed by atoms with van der Waals surface area (Å²) in [4.78, 5) is 18.8. The van der Waals surface area contributed by atoms with Gasteiger partial charge in [0.15, 0.2) is 5.65 Å². The number of aryl methyl sites for hydroxylation is 2. The summed E-state index contributed by atoms with van der Waals surface area (Å²) in [5.74, 6) is 0.893. The largest absolute Gasteiger partial charge is 0.493 e. The Kier molecular flexibility index (Phi) is 4.26. The Labute approximate surface area is 158 Å². The lowest BCUT2D eigenvalue weighted by Crippen LogP contribution is -2.24. The van der Waals surface area contributed by atoms with Gasteiger partial charge in [0.25, 0.3) is 5.91 Å². The zero-order valence-electron chi connectivity index (χ0n) is 16.1. The Balaban J connectivity index is 1.80. The molecule has 0 saturated carbocycles. The van der Waals surface area contributed by atoms with Crippen molar-refractivity contribution in [2.75, 3.05) is 26.0 Å². The molecule has 6 nitrogen and oxygen atoms in total. The van der Waals surface area contributed by atoms with Gasteiger partial charge in [-0.25, -0.2) is 4.98 Å². The van der Waals surface area contributed by atoms with Crippen LogP contribution in [0.15, 0.2) is 36.7 Å². The van der Waals surface area contributed by atoms with E-state index in [2.05, 4.69) is 23.3 Å². The summed E-state index contributed by atoms with van der Waals surface area (Å²) in [6.07, 6.45) is 4.64. The maximum absolute atomic E-state index is 12.5. The number of nitrogens with one attached hydrogen (secondary N) is 1. The molecule has 1 aliphatic rings. The van der Waals surface area contributed by atoms with Gasteiger partial charge in [-0.1, -0.05) is 12.1 Å². The van der Waals surface area contributed by atoms with Crippen molar-refractivity contribution in [2.24, 2.45) is 0 Å². The molecule has 1 aliphatic heterocycles. The van der Waals surface area contributed by atoms with Crippen LogP contribution in [-0.2, 0) is 0 Å². The molecule has 0 aliphatic carbocycles. The zero-order chi connectivity index (χ0) is 19.1. The van der Waals surface area contributed by atoms with Crippen molar-refractivity contribution in [3.8, 4) is 5.75 Å². The van der Waals surface area contributed by atoms with Gasteiger partial charge in [-0.2, -0.15) is 0 Å². The van der Waals surface area contributed by atoms with E-state index in [9.17, 15) is 4.79 Å². The van der Waals surface area contributed by atoms with Crippen molar-refractivity contribution >= 4 is 17.2 Å². The molecule has 1 unspecified atom stereocenters. The van der Waals surface area contributed by atoms with Gasteiger partial charge in [-0.05, 0) is 31.5 Å². The van der Waals surface area contributed by atoms with Crippen LogP contribution in [0.25, 0.3) is 5.65 Å². The van der Waals surface area contributed by atoms with Crippen molar-refractivity contribution < 1.29 is 9.53 Å². The molecule has 2 aromatic heterocycles. The van der Waals surface area contributed by atoms with Crippen molar-refractivity contribution in [2.45, 2.75) is 26.3 Å². The number of fused-ring (bicyclic) bond motifs is 2. The number of hydrogen-bond acceptors (Lipinski definition) is 4. The molecule has 0 saturated heterocycles. The van der Waals surface area contributed by atoms with Crippen molar-refractivity contribution in [1.82, 2.24) is 14.3 Å². The fourth-order valence-electron chi connectivity index (χ4n) is 3.69. The van der Waals surface area contributed by atoms with Crippen LogP contribution in [0.3, 0.4) is 0 Å². The summed E-state index contributed by atoms with van der Waals surface area (Å²) < 4.78 is 7.76. The fourth-order valence-corrected chi connectivity index (χ4v) is 3.69. The van der Waals surface area contributed by atoms with Gasteiger partial charge < -0.3 is 19.4 Å². The third-order valence-electron chi connectivity index (χ3n) is 4.95. The van der Waals surface area contributed by atoms with E-state index >= 15 is 0 Å². The quantitative estimate of drug-likeness (QED) is 0.772. The van der Waals surface area contributed by atoms with Gasteiger partial charge in [-0.3, -0.25) is 4.79 Å². The number of pyridine rings is 1. The van der Waals surface area contributed by atoms with Crippen LogP contribution in [0, 0.1) is 13.8 Å². The molecule has 3 heterocycles. The third kappa shape index (κ3) is 3.12. The topological polar surface area (TPSA) is 58.9 Å². The first-order chi connectivity index (χ1) is 12.9. The average molecular weight is 364 g/mol. The molecular formula is C21H24N4O2. The molecule has 0 radical (unpaired) electrons. The van der Waals surface area contributed by atoms with E-state index in [-0.39, 0.29) is 11.9 Å². The fraction of sp³-hybridized carbons (Fsp3) is 0.333. The first-order valence-corrected chi connectivity index (χ1v) is 9.14. The number of hydrogen-bond donors (Lipinski definition) is 1. The minimum atomic E-state index is -0.0325. The Bertz CT molecular complexity index is 1020. The summed E-state index contributed by atoms with van der Waals surface area (Å²) in [5, 5.41) is 3.63. The first-order valence-electron chi connectivity index (χ1n) is 9.14. The summed E-state index contributed by atoms with van der Waals surface area (Å²) in [5.41, 5.74) is 5.59. The highest BCUT2D eigenvalue weighted by Gasteiger charge is 2.24. The Morgan fingerprint density at radius 1 is 1.30 bits per heavy atom. The highest BCUT2D eigenvalue weighted by atomic mass is 16.5. The average Bonchev–Trinajstić information content (AvgIpc) is 3.01. The Morgan fingerprint density at radius 3 is 2.89 bits per heavy atom. The maximum Gasteiger partial charge on any atom is 0.254 e. The minimum absolute atomic E-state index is 0.0325. The van der Waals surface area contributed by atoms with E-state index in [4.69, 9.17) is 4.74 Å². The van der Waals surface area contributed by atoms with Gasteiger partial charge in [0, 0.05) is 38.5 Å². The molecule has 140 valence electrons. The lowest BCUT2D eigenvalue weighted by molar-refractivity contribution is 0.0827. The van der Waals surface area contributed by atoms with Crippen LogP contribution in [-0.4, -0.2) is 40.9 Å². The van der Waals surface area contributed by atoms with E-state index in [1.54, 1.807) is 19.0 Å². The van der Waals surface area contributed by atoms with Gasteiger partial charge >= 0.3 is 0 Å². The van der Waals surface area contributed by atoms with Crippen LogP contribution in [0.1, 0.15) is 39.6 Å². The normalized spacial score (nSPS) is 15.9. The smallest absolute Gasteiger partial charge is 0.254 e. The second kappa shape index (κ2) is 6.61. The van der Waals surface area contributed by atoms with Crippen LogP contribution in [0.5, 0.6) is 5.75 Å². The van der Waals surface area contributed by atoms with E-state index in [1.165, 1.54) is 11.1 Å². The number of ether oxygens (including phenoxy) is 1. The van der Waals surface area contributed by atoms with Crippen LogP contribution >= 0.6 is 0 Å². The Morgan fingerprint density at radius 2 is 2.11 bits per heavy atom. The predicted octanol–water partition coefficient (Wildman–Crippen LogP) is 3.59. The van der Waals surface area contributed by atoms with Crippen molar-refractivity contribution in [3.63, 3.8) is 0 Å². The number of anilines is 1. The molecule has 3 aromatic rings. The van der Waals surface area contributed by atoms with E-state index < -0.39 is 0 Å². The number of carbonyl (C=O) groups excluding carboxylic acids is 1. The number of aromatic nitrogens is 2. The summed E-state index contributed by atoms with van der Waals surface area (Å²) >= 11 is 0. The number of amides is 1. The number of benzene rings is 1. The second-order valence-electron chi connectivity index (χ2n) is 7.28. The Hall–Kier alpha value is -3.02. The van der Waals surface area contributed by atoms with E-state index in [1.807, 2.05) is 41.9 Å². The molecule has 0 bridgehead atoms. The number of carbonyl (C=O) groups is 1. The standard InChI is InChI=1S/C21H24N4O2/c1-13-6-5-7-18-19(13)16(8-9-27-18)23-17-10-15(21(26)24(3)4)12-25-11-14(2)22-20(17)25/h5-7,10-12,16,23H,8-9H2,1-4H3. The molecule has 0 spiro atoms. The molecule has 1 amide bonds. The first kappa shape index (κ1) is 17.4. The van der Waals surface area contributed by atoms with Gasteiger partial charge in [0.2, 0.25) is 0 Å². The summed E-state index contributed by atoms with van der Waals surface area (Å²) in [7, 11) is 3.52. The van der Waals surface area contributed by atoms with Gasteiger partial charge in [0.1, 0.15) is 5.75 Å². The molecule has 1 aromatic carbocycles. The second-order valence-corrected chi connectivity index (χ2v) is 7.28. The molecule has 4 rings (SSSR count). The number of rotatable bonds is 3. The van der Waals surface area contributed by atoms with Gasteiger partial charge in [0.05, 0.1) is 29.6 Å². The minimum Gasteiger partial charge on any atom is -0.493 e. The third-order valence-corrected chi connectivity index (χ3v) is 4.95. The van der Waals surface area contributed by atoms with Crippen LogP contribution in [0.2, 0.25) is 0 Å². The highest BCUT2D eigenvalue weighted by molar-refractivity contribution is 5.95. The molecule has 27 heavy (non-hydrogen) atoms. The molecule has 6 heteroatoms. The maximum atomic E-state index is 12.5. The SMILES string of the molecule is Cc1cn2cc(C(=O)N(C)C)cc(NC3CCOc4cccc(C)c43)c2n1. The van der Waals surface area contributed by atoms with Gasteiger partial charge in [-0.15, -0.1) is 0 Å². The summed E-state index contributed by atoms with van der Waals surface area (Å²) in [6, 6.07) is 8.14. The lowest BCUT2D eigenvalue weighted by Gasteiger charge is -2.29. The summed E-state index contributed by atoms with van der Waals surface area (Å²) in [6.45, 7) is 4.72. The number of nitrogens with zero attached hydrogens (tertiary/aromatic N) is 3. The predicted molar refractivity (Wildman–Crippen MR) is 106 cm³/mol. The van der Waals surface area contributed by atoms with Crippen molar-refractivity contribution in [1.29, 1.82) is 0 Å². The molecule has 1 N–H and O–H groups in total. The van der Waals surface area contributed by atoms with E-state index in [0.29, 0.717) is 12.2 Å². The van der Waals surface area contributed by atoms with Crippen LogP contribution < -0.4 is 10.1 Å². The highest BCUT2D eigenvalue weighted by Crippen LogP contribution is 2.37. The molecular weight excluding hydrogens is 340 g/mol. The van der Waals surface area contributed by atoms with E-state index in [0.717, 1.165) is 29.2 Å². The lowest BCUT2D eigenvalue weighted by atomic mass is 9.95. The zero-order valence-corrected chi connectivity index (χ0v) is 16.1. The molecule has 1 atom stereocenters.